The Hall–Kier alpha value is -2.04. The number of carbonyl (C=O) groups is 1. The highest BCUT2D eigenvalue weighted by Crippen LogP contribution is 2.23. The molecule has 0 unspecified atom stereocenters. The molecule has 0 aromatic heterocycles. The summed E-state index contributed by atoms with van der Waals surface area (Å²) in [4.78, 5) is 13.3. The van der Waals surface area contributed by atoms with Crippen molar-refractivity contribution in [3.63, 3.8) is 0 Å². The molecule has 0 bridgehead atoms. The standard InChI is InChI=1S/C21H25ClN2O2/c1-16(25)24-13-11-19(12-14-24)23-15-17-5-2-3-8-21(17)26-20-7-4-6-18(22)9-10-20/h2-5,7-10,19,23H,6,11-15H2,1H3. The van der Waals surface area contributed by atoms with Gasteiger partial charge in [0.2, 0.25) is 5.91 Å². The fourth-order valence-electron chi connectivity index (χ4n) is 3.18. The molecule has 1 heterocycles. The smallest absolute Gasteiger partial charge is 0.219 e. The molecule has 26 heavy (non-hydrogen) atoms. The molecule has 2 aliphatic rings. The lowest BCUT2D eigenvalue weighted by atomic mass is 10.0. The summed E-state index contributed by atoms with van der Waals surface area (Å²) in [6.07, 6.45) is 10.4. The molecule has 0 atom stereocenters. The second-order valence-corrected chi connectivity index (χ2v) is 7.15. The summed E-state index contributed by atoms with van der Waals surface area (Å²) in [6, 6.07) is 8.50. The number of allylic oxidation sites excluding steroid dienone is 5. The molecule has 1 saturated heterocycles. The van der Waals surface area contributed by atoms with E-state index in [1.165, 1.54) is 0 Å². The average molecular weight is 373 g/mol. The van der Waals surface area contributed by atoms with Crippen molar-refractivity contribution in [1.29, 1.82) is 0 Å². The van der Waals surface area contributed by atoms with Crippen molar-refractivity contribution in [2.45, 2.75) is 38.8 Å². The maximum atomic E-state index is 11.4. The van der Waals surface area contributed by atoms with Crippen LogP contribution in [0, 0.1) is 0 Å². The minimum atomic E-state index is 0.168. The van der Waals surface area contributed by atoms with E-state index in [1.54, 1.807) is 6.92 Å². The van der Waals surface area contributed by atoms with Gasteiger partial charge in [-0.25, -0.2) is 0 Å². The van der Waals surface area contributed by atoms with Crippen molar-refractivity contribution in [3.8, 4) is 5.75 Å². The predicted octanol–water partition coefficient (Wildman–Crippen LogP) is 4.13. The van der Waals surface area contributed by atoms with Crippen LogP contribution in [-0.4, -0.2) is 29.9 Å². The van der Waals surface area contributed by atoms with Gasteiger partial charge in [-0.1, -0.05) is 35.9 Å². The van der Waals surface area contributed by atoms with Gasteiger partial charge in [0.25, 0.3) is 0 Å². The molecule has 1 fully saturated rings. The molecule has 1 aliphatic heterocycles. The van der Waals surface area contributed by atoms with Gasteiger partial charge in [0.05, 0.1) is 0 Å². The molecule has 5 heteroatoms. The fourth-order valence-corrected chi connectivity index (χ4v) is 3.33. The van der Waals surface area contributed by atoms with Crippen LogP contribution in [0.15, 0.2) is 59.4 Å². The molecule has 1 N–H and O–H groups in total. The van der Waals surface area contributed by atoms with Crippen LogP contribution in [0.4, 0.5) is 0 Å². The van der Waals surface area contributed by atoms with Crippen LogP contribution in [0.2, 0.25) is 0 Å². The summed E-state index contributed by atoms with van der Waals surface area (Å²) in [5, 5.41) is 4.40. The number of amides is 1. The van der Waals surface area contributed by atoms with Gasteiger partial charge in [0, 0.05) is 49.6 Å². The maximum Gasteiger partial charge on any atom is 0.219 e. The van der Waals surface area contributed by atoms with Crippen LogP contribution in [0.3, 0.4) is 0 Å². The fraction of sp³-hybridized carbons (Fsp3) is 0.381. The summed E-state index contributed by atoms with van der Waals surface area (Å²) >= 11 is 6.06. The van der Waals surface area contributed by atoms with E-state index in [4.69, 9.17) is 16.3 Å². The zero-order chi connectivity index (χ0) is 18.4. The zero-order valence-electron chi connectivity index (χ0n) is 15.1. The molecule has 0 spiro atoms. The van der Waals surface area contributed by atoms with Gasteiger partial charge < -0.3 is 15.0 Å². The third kappa shape index (κ3) is 5.23. The number of nitrogens with zero attached hydrogens (tertiary/aromatic N) is 1. The topological polar surface area (TPSA) is 41.6 Å². The highest BCUT2D eigenvalue weighted by Gasteiger charge is 2.20. The molecular formula is C21H25ClN2O2. The summed E-state index contributed by atoms with van der Waals surface area (Å²) in [5.41, 5.74) is 1.12. The number of nitrogens with one attached hydrogen (secondary N) is 1. The summed E-state index contributed by atoms with van der Waals surface area (Å²) < 4.78 is 6.08. The van der Waals surface area contributed by atoms with Gasteiger partial charge >= 0.3 is 0 Å². The number of para-hydroxylation sites is 1. The first kappa shape index (κ1) is 18.7. The van der Waals surface area contributed by atoms with Crippen LogP contribution in [0.25, 0.3) is 0 Å². The predicted molar refractivity (Wildman–Crippen MR) is 105 cm³/mol. The number of halogens is 1. The third-order valence-corrected chi connectivity index (χ3v) is 5.03. The highest BCUT2D eigenvalue weighted by molar-refractivity contribution is 6.29. The normalized spacial score (nSPS) is 18.2. The Labute approximate surface area is 160 Å². The molecular weight excluding hydrogens is 348 g/mol. The second-order valence-electron chi connectivity index (χ2n) is 6.66. The van der Waals surface area contributed by atoms with E-state index in [9.17, 15) is 4.79 Å². The molecule has 0 radical (unpaired) electrons. The number of carbonyl (C=O) groups excluding carboxylic acids is 1. The van der Waals surface area contributed by atoms with Gasteiger partial charge in [-0.05, 0) is 37.1 Å². The quantitative estimate of drug-likeness (QED) is 0.844. The Kier molecular flexibility index (Phi) is 6.53. The first-order valence-corrected chi connectivity index (χ1v) is 9.47. The maximum absolute atomic E-state index is 11.4. The van der Waals surface area contributed by atoms with Crippen molar-refractivity contribution < 1.29 is 9.53 Å². The Morgan fingerprint density at radius 2 is 2.04 bits per heavy atom. The monoisotopic (exact) mass is 372 g/mol. The van der Waals surface area contributed by atoms with Crippen LogP contribution in [-0.2, 0) is 11.3 Å². The molecule has 1 aromatic carbocycles. The summed E-state index contributed by atoms with van der Waals surface area (Å²) in [7, 11) is 0. The molecule has 1 aliphatic carbocycles. The first-order valence-electron chi connectivity index (χ1n) is 9.09. The van der Waals surface area contributed by atoms with Crippen LogP contribution < -0.4 is 10.1 Å². The highest BCUT2D eigenvalue weighted by atomic mass is 35.5. The summed E-state index contributed by atoms with van der Waals surface area (Å²) in [6.45, 7) is 4.04. The van der Waals surface area contributed by atoms with Gasteiger partial charge in [-0.3, -0.25) is 4.79 Å². The SMILES string of the molecule is CC(=O)N1CCC(NCc2ccccc2OC2=CC=C(Cl)CC=C2)CC1. The molecule has 0 saturated carbocycles. The van der Waals surface area contributed by atoms with E-state index in [1.807, 2.05) is 47.4 Å². The Morgan fingerprint density at radius 3 is 2.81 bits per heavy atom. The van der Waals surface area contributed by atoms with Crippen LogP contribution in [0.1, 0.15) is 31.7 Å². The Balaban J connectivity index is 1.59. The molecule has 1 aromatic rings. The molecule has 138 valence electrons. The van der Waals surface area contributed by atoms with Gasteiger partial charge in [-0.15, -0.1) is 0 Å². The number of piperidine rings is 1. The van der Waals surface area contributed by atoms with Crippen molar-refractivity contribution in [2.24, 2.45) is 0 Å². The Bertz CT molecular complexity index is 731. The summed E-state index contributed by atoms with van der Waals surface area (Å²) in [5.74, 6) is 1.80. The van der Waals surface area contributed by atoms with E-state index in [0.29, 0.717) is 6.04 Å². The third-order valence-electron chi connectivity index (χ3n) is 4.75. The minimum Gasteiger partial charge on any atom is -0.457 e. The average Bonchev–Trinajstić information content (AvgIpc) is 2.85. The van der Waals surface area contributed by atoms with Crippen molar-refractivity contribution in [2.75, 3.05) is 13.1 Å². The van der Waals surface area contributed by atoms with Gasteiger partial charge in [0.15, 0.2) is 0 Å². The molecule has 1 amide bonds. The van der Waals surface area contributed by atoms with E-state index in [2.05, 4.69) is 11.4 Å². The van der Waals surface area contributed by atoms with Crippen molar-refractivity contribution in [1.82, 2.24) is 10.2 Å². The number of rotatable bonds is 5. The number of hydrogen-bond acceptors (Lipinski definition) is 3. The largest absolute Gasteiger partial charge is 0.457 e. The van der Waals surface area contributed by atoms with Crippen molar-refractivity contribution in [3.05, 3.63) is 64.9 Å². The number of benzene rings is 1. The Morgan fingerprint density at radius 1 is 1.27 bits per heavy atom. The second kappa shape index (κ2) is 9.06. The van der Waals surface area contributed by atoms with E-state index in [-0.39, 0.29) is 5.91 Å². The lowest BCUT2D eigenvalue weighted by molar-refractivity contribution is -0.129. The zero-order valence-corrected chi connectivity index (χ0v) is 15.8. The van der Waals surface area contributed by atoms with Crippen LogP contribution >= 0.6 is 11.6 Å². The van der Waals surface area contributed by atoms with E-state index >= 15 is 0 Å². The van der Waals surface area contributed by atoms with E-state index in [0.717, 1.165) is 61.0 Å². The first-order chi connectivity index (χ1) is 12.6. The van der Waals surface area contributed by atoms with E-state index < -0.39 is 0 Å². The number of likely N-dealkylation sites (tertiary alicyclic amines) is 1. The lowest BCUT2D eigenvalue weighted by Gasteiger charge is -2.32. The van der Waals surface area contributed by atoms with Crippen LogP contribution in [0.5, 0.6) is 5.75 Å². The number of hydrogen-bond donors (Lipinski definition) is 1. The number of ether oxygens (including phenoxy) is 1. The minimum absolute atomic E-state index is 0.168. The lowest BCUT2D eigenvalue weighted by Crippen LogP contribution is -2.43. The van der Waals surface area contributed by atoms with Gasteiger partial charge in [0.1, 0.15) is 11.5 Å². The van der Waals surface area contributed by atoms with Gasteiger partial charge in [-0.2, -0.15) is 0 Å². The van der Waals surface area contributed by atoms with Crippen molar-refractivity contribution >= 4 is 17.5 Å². The molecule has 4 nitrogen and oxygen atoms in total. The molecule has 3 rings (SSSR count).